The number of hydrogen-bond donors (Lipinski definition) is 1. The predicted molar refractivity (Wildman–Crippen MR) is 86.6 cm³/mol. The van der Waals surface area contributed by atoms with Crippen LogP contribution in [0.3, 0.4) is 0 Å². The average Bonchev–Trinajstić information content (AvgIpc) is 2.53. The molecule has 9 heteroatoms. The highest BCUT2D eigenvalue weighted by Crippen LogP contribution is 2.14. The zero-order valence-electron chi connectivity index (χ0n) is 13.2. The van der Waals surface area contributed by atoms with Crippen LogP contribution in [-0.4, -0.2) is 66.9 Å². The van der Waals surface area contributed by atoms with Crippen LogP contribution in [0, 0.1) is 0 Å². The van der Waals surface area contributed by atoms with Gasteiger partial charge in [-0.15, -0.1) is 0 Å². The van der Waals surface area contributed by atoms with Crippen LogP contribution in [0.4, 0.5) is 0 Å². The zero-order valence-corrected chi connectivity index (χ0v) is 14.9. The van der Waals surface area contributed by atoms with Crippen molar-refractivity contribution in [1.29, 1.82) is 0 Å². The number of nitrogens with zero attached hydrogens (tertiary/aromatic N) is 1. The van der Waals surface area contributed by atoms with Crippen molar-refractivity contribution in [2.75, 3.05) is 39.1 Å². The lowest BCUT2D eigenvalue weighted by atomic mass is 10.2. The largest absolute Gasteiger partial charge is 0.379 e. The number of sulfone groups is 1. The average molecular weight is 362 g/mol. The molecule has 2 rings (SSSR count). The molecule has 1 heterocycles. The van der Waals surface area contributed by atoms with Gasteiger partial charge in [-0.2, -0.15) is 0 Å². The Labute approximate surface area is 137 Å². The quantitative estimate of drug-likeness (QED) is 0.771. The van der Waals surface area contributed by atoms with Crippen molar-refractivity contribution in [3.05, 3.63) is 24.3 Å². The van der Waals surface area contributed by atoms with Crippen LogP contribution in [0.15, 0.2) is 34.1 Å². The van der Waals surface area contributed by atoms with E-state index in [1.165, 1.54) is 24.3 Å². The van der Waals surface area contributed by atoms with Gasteiger partial charge < -0.3 is 4.74 Å². The first-order valence-electron chi connectivity index (χ1n) is 7.32. The van der Waals surface area contributed by atoms with Gasteiger partial charge in [-0.3, -0.25) is 4.90 Å². The zero-order chi connectivity index (χ0) is 17.1. The van der Waals surface area contributed by atoms with Crippen LogP contribution in [0.25, 0.3) is 0 Å². The summed E-state index contributed by atoms with van der Waals surface area (Å²) in [5.74, 6) is 0. The van der Waals surface area contributed by atoms with E-state index in [0.29, 0.717) is 13.2 Å². The molecule has 130 valence electrons. The third-order valence-electron chi connectivity index (χ3n) is 3.80. The summed E-state index contributed by atoms with van der Waals surface area (Å²) in [5.41, 5.74) is 0. The van der Waals surface area contributed by atoms with E-state index in [1.54, 1.807) is 0 Å². The second kappa shape index (κ2) is 7.27. The van der Waals surface area contributed by atoms with Crippen molar-refractivity contribution in [2.45, 2.75) is 22.8 Å². The van der Waals surface area contributed by atoms with Crippen molar-refractivity contribution in [2.24, 2.45) is 0 Å². The third-order valence-corrected chi connectivity index (χ3v) is 6.37. The van der Waals surface area contributed by atoms with Crippen LogP contribution in [0.5, 0.6) is 0 Å². The summed E-state index contributed by atoms with van der Waals surface area (Å²) in [5, 5.41) is 0. The molecule has 0 bridgehead atoms. The fraction of sp³-hybridized carbons (Fsp3) is 0.571. The van der Waals surface area contributed by atoms with Gasteiger partial charge in [-0.25, -0.2) is 21.6 Å². The summed E-state index contributed by atoms with van der Waals surface area (Å²) in [6.45, 7) is 5.13. The van der Waals surface area contributed by atoms with E-state index in [2.05, 4.69) is 9.62 Å². The van der Waals surface area contributed by atoms with Crippen molar-refractivity contribution < 1.29 is 21.6 Å². The van der Waals surface area contributed by atoms with Crippen LogP contribution in [0.2, 0.25) is 0 Å². The molecule has 1 fully saturated rings. The molecule has 1 saturated heterocycles. The van der Waals surface area contributed by atoms with Gasteiger partial charge in [-0.1, -0.05) is 0 Å². The van der Waals surface area contributed by atoms with E-state index in [-0.39, 0.29) is 22.4 Å². The molecule has 1 N–H and O–H groups in total. The summed E-state index contributed by atoms with van der Waals surface area (Å²) in [4.78, 5) is 2.32. The number of morpholine rings is 1. The number of rotatable bonds is 6. The topological polar surface area (TPSA) is 92.8 Å². The number of benzene rings is 1. The van der Waals surface area contributed by atoms with E-state index >= 15 is 0 Å². The predicted octanol–water partition coefficient (Wildman–Crippen LogP) is 0.0891. The number of ether oxygens (including phenoxy) is 1. The molecule has 0 aliphatic carbocycles. The highest BCUT2D eigenvalue weighted by molar-refractivity contribution is 7.90. The Bertz CT molecular complexity index is 723. The Morgan fingerprint density at radius 1 is 1.09 bits per heavy atom. The van der Waals surface area contributed by atoms with Gasteiger partial charge in [0.1, 0.15) is 0 Å². The van der Waals surface area contributed by atoms with Gasteiger partial charge in [0.25, 0.3) is 0 Å². The van der Waals surface area contributed by atoms with Gasteiger partial charge >= 0.3 is 0 Å². The van der Waals surface area contributed by atoms with Crippen LogP contribution >= 0.6 is 0 Å². The second-order valence-electron chi connectivity index (χ2n) is 5.59. The maximum Gasteiger partial charge on any atom is 0.240 e. The van der Waals surface area contributed by atoms with E-state index in [4.69, 9.17) is 4.74 Å². The molecule has 0 spiro atoms. The molecule has 0 unspecified atom stereocenters. The lowest BCUT2D eigenvalue weighted by Crippen LogP contribution is -2.47. The van der Waals surface area contributed by atoms with E-state index < -0.39 is 19.9 Å². The molecule has 0 aromatic heterocycles. The van der Waals surface area contributed by atoms with E-state index in [0.717, 1.165) is 19.3 Å². The minimum absolute atomic E-state index is 0.0547. The summed E-state index contributed by atoms with van der Waals surface area (Å²) in [6, 6.07) is 5.27. The third kappa shape index (κ3) is 4.98. The normalized spacial score (nSPS) is 18.7. The Morgan fingerprint density at radius 3 is 2.13 bits per heavy atom. The molecule has 7 nitrogen and oxygen atoms in total. The minimum atomic E-state index is -3.66. The molecular formula is C14H22N2O5S2. The van der Waals surface area contributed by atoms with Gasteiger partial charge in [0.2, 0.25) is 10.0 Å². The lowest BCUT2D eigenvalue weighted by molar-refractivity contribution is 0.0213. The first-order chi connectivity index (χ1) is 10.7. The van der Waals surface area contributed by atoms with Crippen molar-refractivity contribution in [1.82, 2.24) is 9.62 Å². The Kier molecular flexibility index (Phi) is 5.79. The van der Waals surface area contributed by atoms with Crippen LogP contribution in [-0.2, 0) is 24.6 Å². The summed E-state index contributed by atoms with van der Waals surface area (Å²) < 4.78 is 55.2. The molecule has 0 saturated carbocycles. The number of hydrogen-bond acceptors (Lipinski definition) is 6. The molecule has 1 aliphatic heterocycles. The van der Waals surface area contributed by atoms with E-state index in [1.807, 2.05) is 6.92 Å². The first kappa shape index (κ1) is 18.3. The summed E-state index contributed by atoms with van der Waals surface area (Å²) in [7, 11) is -7.00. The van der Waals surface area contributed by atoms with Crippen LogP contribution in [0.1, 0.15) is 6.92 Å². The maximum atomic E-state index is 12.3. The van der Waals surface area contributed by atoms with Gasteiger partial charge in [-0.05, 0) is 31.2 Å². The molecule has 1 atom stereocenters. The van der Waals surface area contributed by atoms with Gasteiger partial charge in [0.15, 0.2) is 9.84 Å². The molecule has 1 aromatic rings. The highest BCUT2D eigenvalue weighted by Gasteiger charge is 2.20. The standard InChI is InChI=1S/C14H22N2O5S2/c1-12(16-7-9-21-10-8-16)11-15-23(19,20)14-5-3-13(4-6-14)22(2,17)18/h3-6,12,15H,7-11H2,1-2H3/t12-/m0/s1. The van der Waals surface area contributed by atoms with Gasteiger partial charge in [0.05, 0.1) is 23.0 Å². The van der Waals surface area contributed by atoms with Gasteiger partial charge in [0, 0.05) is 31.9 Å². The van der Waals surface area contributed by atoms with Crippen molar-refractivity contribution in [3.63, 3.8) is 0 Å². The van der Waals surface area contributed by atoms with Crippen LogP contribution < -0.4 is 4.72 Å². The Balaban J connectivity index is 2.01. The Hall–Kier alpha value is -1.00. The first-order valence-corrected chi connectivity index (χ1v) is 10.7. The fourth-order valence-electron chi connectivity index (χ4n) is 2.33. The molecule has 0 amide bonds. The molecule has 23 heavy (non-hydrogen) atoms. The molecule has 0 radical (unpaired) electrons. The lowest BCUT2D eigenvalue weighted by Gasteiger charge is -2.32. The second-order valence-corrected chi connectivity index (χ2v) is 9.38. The SMILES string of the molecule is C[C@@H](CNS(=O)(=O)c1ccc(S(C)(=O)=O)cc1)N1CCOCC1. The minimum Gasteiger partial charge on any atom is -0.379 e. The van der Waals surface area contributed by atoms with E-state index in [9.17, 15) is 16.8 Å². The number of nitrogens with one attached hydrogen (secondary N) is 1. The van der Waals surface area contributed by atoms with Crippen molar-refractivity contribution in [3.8, 4) is 0 Å². The maximum absolute atomic E-state index is 12.3. The number of sulfonamides is 1. The molecular weight excluding hydrogens is 340 g/mol. The summed E-state index contributed by atoms with van der Waals surface area (Å²) >= 11 is 0. The summed E-state index contributed by atoms with van der Waals surface area (Å²) in [6.07, 6.45) is 1.08. The smallest absolute Gasteiger partial charge is 0.240 e. The van der Waals surface area contributed by atoms with Crippen molar-refractivity contribution >= 4 is 19.9 Å². The monoisotopic (exact) mass is 362 g/mol. The molecule has 1 aliphatic rings. The molecule has 1 aromatic carbocycles. The fourth-order valence-corrected chi connectivity index (χ4v) is 4.08. The highest BCUT2D eigenvalue weighted by atomic mass is 32.2. The Morgan fingerprint density at radius 2 is 1.61 bits per heavy atom.